The Morgan fingerprint density at radius 2 is 1.67 bits per heavy atom. The molecule has 4 aliphatic rings. The van der Waals surface area contributed by atoms with Gasteiger partial charge in [0.25, 0.3) is 5.91 Å². The molecule has 0 radical (unpaired) electrons. The number of cyclic esters (lactones) is 1. The van der Waals surface area contributed by atoms with Crippen molar-refractivity contribution in [3.8, 4) is 5.75 Å². The Kier molecular flexibility index (Phi) is 24.5. The highest BCUT2D eigenvalue weighted by Gasteiger charge is 2.57. The second-order valence-corrected chi connectivity index (χ2v) is 23.5. The Morgan fingerprint density at radius 3 is 2.35 bits per heavy atom. The van der Waals surface area contributed by atoms with E-state index in [0.717, 1.165) is 12.8 Å². The molecule has 0 aromatic heterocycles. The van der Waals surface area contributed by atoms with Crippen LogP contribution in [0.2, 0.25) is 0 Å². The molecule has 440 valence electrons. The zero-order valence-corrected chi connectivity index (χ0v) is 48.3. The van der Waals surface area contributed by atoms with E-state index in [1.807, 2.05) is 45.9 Å². The van der Waals surface area contributed by atoms with Gasteiger partial charge in [0.1, 0.15) is 41.5 Å². The first-order valence-corrected chi connectivity index (χ1v) is 28.9. The van der Waals surface area contributed by atoms with E-state index in [4.69, 9.17) is 9.47 Å². The first kappa shape index (κ1) is 64.6. The Bertz CT molecular complexity index is 2360. The summed E-state index contributed by atoms with van der Waals surface area (Å²) >= 11 is 0. The number of phenols is 1. The van der Waals surface area contributed by atoms with Gasteiger partial charge in [0.05, 0.1) is 36.4 Å². The monoisotopic (exact) mass is 1100 g/mol. The molecule has 1 aromatic rings. The fourth-order valence-corrected chi connectivity index (χ4v) is 11.6. The highest BCUT2D eigenvalue weighted by molar-refractivity contribution is 5.93. The van der Waals surface area contributed by atoms with Crippen molar-refractivity contribution in [3.63, 3.8) is 0 Å². The van der Waals surface area contributed by atoms with Gasteiger partial charge in [-0.2, -0.15) is 0 Å². The Hall–Kier alpha value is -5.24. The van der Waals surface area contributed by atoms with Gasteiger partial charge in [0, 0.05) is 61.8 Å². The highest BCUT2D eigenvalue weighted by Crippen LogP contribution is 2.46. The van der Waals surface area contributed by atoms with Crippen molar-refractivity contribution in [3.05, 3.63) is 77.9 Å². The molecule has 18 nitrogen and oxygen atoms in total. The third-order valence-electron chi connectivity index (χ3n) is 17.0. The van der Waals surface area contributed by atoms with Crippen LogP contribution in [0.1, 0.15) is 145 Å². The Balaban J connectivity index is 1.34. The quantitative estimate of drug-likeness (QED) is 0.0700. The topological polar surface area (TPSA) is 273 Å². The van der Waals surface area contributed by atoms with Gasteiger partial charge in [-0.15, -0.1) is 0 Å². The molecule has 4 aliphatic heterocycles. The molecular formula is C61H93N5O13. The van der Waals surface area contributed by atoms with Gasteiger partial charge in [0.15, 0.2) is 0 Å². The molecule has 1 unspecified atom stereocenters. The van der Waals surface area contributed by atoms with E-state index in [-0.39, 0.29) is 79.3 Å². The summed E-state index contributed by atoms with van der Waals surface area (Å²) in [6.45, 7) is 18.4. The van der Waals surface area contributed by atoms with Crippen LogP contribution in [0.3, 0.4) is 0 Å². The van der Waals surface area contributed by atoms with Crippen LogP contribution in [0.5, 0.6) is 5.75 Å². The van der Waals surface area contributed by atoms with Gasteiger partial charge in [-0.3, -0.25) is 29.0 Å². The minimum Gasteiger partial charge on any atom is -0.508 e. The molecule has 3 saturated heterocycles. The number of ketones is 1. The number of aliphatic hydroxyl groups is 4. The molecule has 9 N–H and O–H groups in total. The summed E-state index contributed by atoms with van der Waals surface area (Å²) in [4.78, 5) is 82.4. The van der Waals surface area contributed by atoms with Crippen LogP contribution >= 0.6 is 0 Å². The third kappa shape index (κ3) is 17.4. The number of allylic oxidation sites excluding steroid dienone is 5. The number of hydrogen-bond acceptors (Lipinski definition) is 14. The highest BCUT2D eigenvalue weighted by atomic mass is 16.5. The van der Waals surface area contributed by atoms with E-state index in [0.29, 0.717) is 49.7 Å². The molecule has 1 aromatic carbocycles. The maximum absolute atomic E-state index is 14.5. The van der Waals surface area contributed by atoms with Gasteiger partial charge < -0.3 is 55.8 Å². The van der Waals surface area contributed by atoms with Crippen LogP contribution in [-0.2, 0) is 44.7 Å². The number of hydrazine groups is 1. The molecule has 1 spiro atoms. The maximum Gasteiger partial charge on any atom is 0.325 e. The van der Waals surface area contributed by atoms with E-state index in [2.05, 4.69) is 35.2 Å². The van der Waals surface area contributed by atoms with Crippen molar-refractivity contribution in [2.75, 3.05) is 6.54 Å². The predicted octanol–water partition coefficient (Wildman–Crippen LogP) is 5.80. The lowest BCUT2D eigenvalue weighted by Crippen LogP contribution is -2.71. The number of carbonyl (C=O) groups is 6. The molecule has 4 amide bonds. The number of Topliss-reactive ketones (excluding diaryl/α,β-unsaturated/α-hetero) is 1. The smallest absolute Gasteiger partial charge is 0.325 e. The standard InChI is InChI=1S/C61H93N5O13/c1-11-20-44-31-38(6)61(64-56(44)73)42(10)54(71)41(9)52(79-61)34-50(70)36(4)21-14-12-15-22-37(5)51-27-17-13-16-26-49(69)40(8)55(72)46(29-28-39(7)67)57(74)63-53(35(2)3)58(75)62-48(33-43-23-18-24-45(68)32-43)59(76)66-30-19-25-47(65-66)60(77)78-51/h12-13,15-18,22-24,26,32,35-36,38,40-42,44,46-55,65,68-72H,11,14,19-21,25,27-31,33-34H2,1-10H3,(H,62,75)(H,63,74)(H,64,73)/b15-12+,17-13+,26-16+,37-22+/t36-,38-,40-,41-,42-,44-,46+,47?,48-,49-,50-,51-,52-,53-,54-,55+,61+/m0/s1. The fourth-order valence-electron chi connectivity index (χ4n) is 11.6. The number of piperidine rings is 1. The summed E-state index contributed by atoms with van der Waals surface area (Å²) < 4.78 is 13.0. The minimum atomic E-state index is -1.43. The van der Waals surface area contributed by atoms with Crippen molar-refractivity contribution in [1.29, 1.82) is 0 Å². The average Bonchev–Trinajstić information content (AvgIpc) is 3.50. The molecule has 18 heteroatoms. The number of rotatable bonds is 16. The van der Waals surface area contributed by atoms with E-state index in [9.17, 15) is 54.3 Å². The SMILES string of the molecule is CCC[C@H]1C[C@H](C)[C@@]2(NC1=O)O[C@@H](C[C@H](O)[C@@H](C)CC/C=C/C=C(\C)[C@@H]1C/C=C/C=C/[C@H](O)[C@H](C)[C@@H](O)[C@@H](CCC(C)=O)C(=O)N[C@@H](C(C)C)C(=O)N[C@@H](Cc3cccc(O)c3)C(=O)N3CCCC(N3)C(=O)O1)[C@H](C)[C@H](O)[C@@H]2C. The summed E-state index contributed by atoms with van der Waals surface area (Å²) in [5.41, 5.74) is 3.27. The molecule has 2 bridgehead atoms. The molecule has 17 atom stereocenters. The van der Waals surface area contributed by atoms with Gasteiger partial charge in [-0.1, -0.05) is 116 Å². The lowest BCUT2D eigenvalue weighted by atomic mass is 9.69. The molecule has 3 fully saturated rings. The average molecular weight is 1100 g/mol. The number of phenolic OH excluding ortho intramolecular Hbond substituents is 1. The van der Waals surface area contributed by atoms with Crippen molar-refractivity contribution >= 4 is 35.4 Å². The largest absolute Gasteiger partial charge is 0.508 e. The van der Waals surface area contributed by atoms with Crippen molar-refractivity contribution in [1.82, 2.24) is 26.4 Å². The van der Waals surface area contributed by atoms with Gasteiger partial charge in [-0.05, 0) is 93.9 Å². The normalized spacial score (nSPS) is 34.6. The number of carbonyl (C=O) groups excluding carboxylic acids is 6. The zero-order valence-electron chi connectivity index (χ0n) is 48.3. The second-order valence-electron chi connectivity index (χ2n) is 23.5. The van der Waals surface area contributed by atoms with Crippen LogP contribution in [0, 0.1) is 47.3 Å². The van der Waals surface area contributed by atoms with E-state index in [1.165, 1.54) is 30.1 Å². The van der Waals surface area contributed by atoms with E-state index >= 15 is 0 Å². The molecular weight excluding hydrogens is 1010 g/mol. The molecule has 5 rings (SSSR count). The number of aromatic hydroxyl groups is 1. The van der Waals surface area contributed by atoms with Gasteiger partial charge in [-0.25, -0.2) is 5.43 Å². The van der Waals surface area contributed by atoms with Crippen LogP contribution in [-0.4, -0.2) is 133 Å². The number of aliphatic hydroxyl groups excluding tert-OH is 4. The number of benzene rings is 1. The molecule has 4 heterocycles. The molecule has 0 saturated carbocycles. The summed E-state index contributed by atoms with van der Waals surface area (Å²) in [6.07, 6.45) is 11.6. The van der Waals surface area contributed by atoms with E-state index < -0.39 is 102 Å². The van der Waals surface area contributed by atoms with Gasteiger partial charge >= 0.3 is 5.97 Å². The lowest BCUT2D eigenvalue weighted by Gasteiger charge is -2.56. The lowest BCUT2D eigenvalue weighted by molar-refractivity contribution is -0.267. The predicted molar refractivity (Wildman–Crippen MR) is 300 cm³/mol. The first-order valence-electron chi connectivity index (χ1n) is 28.9. The van der Waals surface area contributed by atoms with Crippen LogP contribution in [0.15, 0.2) is 72.4 Å². The summed E-state index contributed by atoms with van der Waals surface area (Å²) in [6, 6.07) is 2.90. The number of fused-ring (bicyclic) bond motifs is 2. The number of amides is 4. The van der Waals surface area contributed by atoms with Crippen molar-refractivity contribution in [2.45, 2.75) is 207 Å². The van der Waals surface area contributed by atoms with Crippen molar-refractivity contribution < 1.29 is 63.8 Å². The van der Waals surface area contributed by atoms with Crippen LogP contribution in [0.4, 0.5) is 0 Å². The third-order valence-corrected chi connectivity index (χ3v) is 17.0. The van der Waals surface area contributed by atoms with Crippen molar-refractivity contribution in [2.24, 2.45) is 47.3 Å². The Labute approximate surface area is 468 Å². The zero-order chi connectivity index (χ0) is 58.3. The minimum absolute atomic E-state index is 0.0239. The number of ether oxygens (including phenoxy) is 2. The van der Waals surface area contributed by atoms with Crippen LogP contribution < -0.4 is 21.4 Å². The summed E-state index contributed by atoms with van der Waals surface area (Å²) in [5, 5.41) is 66.2. The van der Waals surface area contributed by atoms with Crippen LogP contribution in [0.25, 0.3) is 0 Å². The number of esters is 1. The van der Waals surface area contributed by atoms with E-state index in [1.54, 1.807) is 51.1 Å². The number of nitrogens with one attached hydrogen (secondary N) is 4. The molecule has 79 heavy (non-hydrogen) atoms. The number of nitrogens with zero attached hydrogens (tertiary/aromatic N) is 1. The second kappa shape index (κ2) is 30.0. The number of hydrogen-bond donors (Lipinski definition) is 9. The van der Waals surface area contributed by atoms with Gasteiger partial charge in [0.2, 0.25) is 17.7 Å². The summed E-state index contributed by atoms with van der Waals surface area (Å²) in [7, 11) is 0. The summed E-state index contributed by atoms with van der Waals surface area (Å²) in [5.74, 6) is -6.29. The fraction of sp³-hybridized carbons (Fsp3) is 0.672. The first-order chi connectivity index (χ1) is 37.4. The molecule has 0 aliphatic carbocycles. The Morgan fingerprint density at radius 1 is 0.937 bits per heavy atom. The maximum atomic E-state index is 14.5.